The van der Waals surface area contributed by atoms with Crippen molar-refractivity contribution in [3.8, 4) is 0 Å². The predicted octanol–water partition coefficient (Wildman–Crippen LogP) is 3.82. The number of aromatic carboxylic acids is 1. The van der Waals surface area contributed by atoms with Crippen LogP contribution in [0.4, 0.5) is 11.4 Å². The Morgan fingerprint density at radius 2 is 1.81 bits per heavy atom. The molecule has 3 rings (SSSR count). The second kappa shape index (κ2) is 7.95. The second-order valence-corrected chi connectivity index (χ2v) is 6.68. The van der Waals surface area contributed by atoms with Gasteiger partial charge in [-0.3, -0.25) is 4.79 Å². The van der Waals surface area contributed by atoms with E-state index >= 15 is 0 Å². The summed E-state index contributed by atoms with van der Waals surface area (Å²) in [7, 11) is 3.95. The summed E-state index contributed by atoms with van der Waals surface area (Å²) in [5.74, 6) is -0.947. The molecule has 0 saturated heterocycles. The van der Waals surface area contributed by atoms with E-state index in [4.69, 9.17) is 5.11 Å². The fourth-order valence-corrected chi connectivity index (χ4v) is 3.00. The van der Waals surface area contributed by atoms with Gasteiger partial charge in [0.15, 0.2) is 0 Å². The molecule has 6 heteroatoms. The fraction of sp³-hybridized carbons (Fsp3) is 0.238. The number of amides is 1. The monoisotopic (exact) mass is 365 g/mol. The molecule has 140 valence electrons. The lowest BCUT2D eigenvalue weighted by atomic mass is 10.1. The maximum Gasteiger partial charge on any atom is 0.335 e. The van der Waals surface area contributed by atoms with E-state index in [1.807, 2.05) is 66.2 Å². The van der Waals surface area contributed by atoms with Crippen LogP contribution < -0.4 is 10.2 Å². The Hall–Kier alpha value is -3.28. The molecular weight excluding hydrogens is 342 g/mol. The first-order chi connectivity index (χ1) is 12.9. The summed E-state index contributed by atoms with van der Waals surface area (Å²) in [6.45, 7) is 0.697. The van der Waals surface area contributed by atoms with E-state index in [0.29, 0.717) is 19.4 Å². The molecule has 2 N–H and O–H groups in total. The molecule has 0 fully saturated rings. The van der Waals surface area contributed by atoms with Gasteiger partial charge in [0.2, 0.25) is 5.91 Å². The van der Waals surface area contributed by atoms with E-state index in [0.717, 1.165) is 22.3 Å². The second-order valence-electron chi connectivity index (χ2n) is 6.68. The minimum Gasteiger partial charge on any atom is -0.478 e. The highest BCUT2D eigenvalue weighted by Crippen LogP contribution is 2.19. The van der Waals surface area contributed by atoms with Crippen molar-refractivity contribution >= 4 is 34.2 Å². The molecule has 0 atom stereocenters. The number of hydrogen-bond donors (Lipinski definition) is 2. The van der Waals surface area contributed by atoms with Crippen LogP contribution in [0.5, 0.6) is 0 Å². The summed E-state index contributed by atoms with van der Waals surface area (Å²) in [6.07, 6.45) is 3.04. The Morgan fingerprint density at radius 1 is 1.07 bits per heavy atom. The first kappa shape index (κ1) is 18.5. The maximum atomic E-state index is 12.1. The van der Waals surface area contributed by atoms with Crippen molar-refractivity contribution in [3.05, 3.63) is 60.3 Å². The largest absolute Gasteiger partial charge is 0.478 e. The third-order valence-corrected chi connectivity index (χ3v) is 4.49. The molecule has 0 saturated carbocycles. The Bertz CT molecular complexity index is 958. The van der Waals surface area contributed by atoms with E-state index in [9.17, 15) is 9.59 Å². The van der Waals surface area contributed by atoms with Gasteiger partial charge in [-0.25, -0.2) is 4.79 Å². The minimum absolute atomic E-state index is 0.0165. The number of aryl methyl sites for hydroxylation is 1. The molecule has 0 bridgehead atoms. The Morgan fingerprint density at radius 3 is 2.48 bits per heavy atom. The number of carbonyl (C=O) groups excluding carboxylic acids is 1. The van der Waals surface area contributed by atoms with Crippen LogP contribution in [0.25, 0.3) is 10.9 Å². The number of carbonyl (C=O) groups is 2. The molecular formula is C21H23N3O3. The summed E-state index contributed by atoms with van der Waals surface area (Å²) in [4.78, 5) is 25.2. The lowest BCUT2D eigenvalue weighted by molar-refractivity contribution is -0.116. The first-order valence-corrected chi connectivity index (χ1v) is 8.83. The average Bonchev–Trinajstić information content (AvgIpc) is 3.04. The molecule has 1 heterocycles. The molecule has 0 unspecified atom stereocenters. The van der Waals surface area contributed by atoms with Gasteiger partial charge in [0.1, 0.15) is 0 Å². The average molecular weight is 365 g/mol. The lowest BCUT2D eigenvalue weighted by Crippen LogP contribution is -2.13. The topological polar surface area (TPSA) is 74.6 Å². The van der Waals surface area contributed by atoms with Crippen LogP contribution in [0.3, 0.4) is 0 Å². The number of nitrogens with one attached hydrogen (secondary N) is 1. The number of rotatable bonds is 7. The molecule has 0 aliphatic carbocycles. The third-order valence-electron chi connectivity index (χ3n) is 4.49. The van der Waals surface area contributed by atoms with Crippen molar-refractivity contribution in [2.45, 2.75) is 19.4 Å². The first-order valence-electron chi connectivity index (χ1n) is 8.83. The molecule has 27 heavy (non-hydrogen) atoms. The number of anilines is 2. The van der Waals surface area contributed by atoms with Gasteiger partial charge >= 0.3 is 5.97 Å². The van der Waals surface area contributed by atoms with Gasteiger partial charge < -0.3 is 19.9 Å². The molecule has 1 aromatic heterocycles. The maximum absolute atomic E-state index is 12.1. The van der Waals surface area contributed by atoms with Crippen molar-refractivity contribution in [1.29, 1.82) is 0 Å². The lowest BCUT2D eigenvalue weighted by Gasteiger charge is -2.13. The number of benzene rings is 2. The molecule has 3 aromatic rings. The van der Waals surface area contributed by atoms with Gasteiger partial charge in [-0.05, 0) is 55.0 Å². The van der Waals surface area contributed by atoms with Crippen molar-refractivity contribution in [3.63, 3.8) is 0 Å². The Labute approximate surface area is 158 Å². The number of aromatic nitrogens is 1. The van der Waals surface area contributed by atoms with Gasteiger partial charge in [-0.15, -0.1) is 0 Å². The van der Waals surface area contributed by atoms with E-state index in [1.165, 1.54) is 0 Å². The van der Waals surface area contributed by atoms with E-state index in [1.54, 1.807) is 12.1 Å². The zero-order chi connectivity index (χ0) is 19.4. The fourth-order valence-electron chi connectivity index (χ4n) is 3.00. The van der Waals surface area contributed by atoms with Gasteiger partial charge in [0.05, 0.1) is 5.56 Å². The number of carboxylic acids is 1. The van der Waals surface area contributed by atoms with Gasteiger partial charge in [0, 0.05) is 55.5 Å². The van der Waals surface area contributed by atoms with E-state index in [2.05, 4.69) is 5.32 Å². The molecule has 6 nitrogen and oxygen atoms in total. The standard InChI is InChI=1S/C21H23N3O3/c1-23(2)18-8-6-17(7-9-18)22-20(25)4-3-12-24-13-11-15-14-16(21(26)27)5-10-19(15)24/h5-11,13-14H,3-4,12H2,1-2H3,(H,22,25)(H,26,27). The third kappa shape index (κ3) is 4.47. The smallest absolute Gasteiger partial charge is 0.335 e. The number of carboxylic acid groups (broad SMARTS) is 1. The predicted molar refractivity (Wildman–Crippen MR) is 108 cm³/mol. The zero-order valence-electron chi connectivity index (χ0n) is 15.5. The summed E-state index contributed by atoms with van der Waals surface area (Å²) in [5.41, 5.74) is 3.12. The number of fused-ring (bicyclic) bond motifs is 1. The van der Waals surface area contributed by atoms with Crippen LogP contribution in [0.2, 0.25) is 0 Å². The highest BCUT2D eigenvalue weighted by molar-refractivity contribution is 5.93. The summed E-state index contributed by atoms with van der Waals surface area (Å²) < 4.78 is 2.04. The molecule has 1 amide bonds. The molecule has 0 aliphatic rings. The molecule has 0 spiro atoms. The van der Waals surface area contributed by atoms with Crippen molar-refractivity contribution in [2.75, 3.05) is 24.3 Å². The van der Waals surface area contributed by atoms with E-state index in [-0.39, 0.29) is 11.5 Å². The van der Waals surface area contributed by atoms with Gasteiger partial charge in [-0.2, -0.15) is 0 Å². The summed E-state index contributed by atoms with van der Waals surface area (Å²) >= 11 is 0. The van der Waals surface area contributed by atoms with Crippen LogP contribution >= 0.6 is 0 Å². The zero-order valence-corrected chi connectivity index (χ0v) is 15.5. The van der Waals surface area contributed by atoms with Crippen molar-refractivity contribution < 1.29 is 14.7 Å². The van der Waals surface area contributed by atoms with Crippen molar-refractivity contribution in [2.24, 2.45) is 0 Å². The molecule has 0 radical (unpaired) electrons. The molecule has 2 aromatic carbocycles. The normalized spacial score (nSPS) is 10.7. The molecule has 0 aliphatic heterocycles. The SMILES string of the molecule is CN(C)c1ccc(NC(=O)CCCn2ccc3cc(C(=O)O)ccc32)cc1. The quantitative estimate of drug-likeness (QED) is 0.667. The Kier molecular flexibility index (Phi) is 5.45. The van der Waals surface area contributed by atoms with Gasteiger partial charge in [-0.1, -0.05) is 0 Å². The Balaban J connectivity index is 1.54. The number of nitrogens with zero attached hydrogens (tertiary/aromatic N) is 2. The van der Waals surface area contributed by atoms with Crippen molar-refractivity contribution in [1.82, 2.24) is 4.57 Å². The van der Waals surface area contributed by atoms with E-state index < -0.39 is 5.97 Å². The summed E-state index contributed by atoms with van der Waals surface area (Å²) in [5, 5.41) is 12.9. The van der Waals surface area contributed by atoms with Crippen LogP contribution in [-0.2, 0) is 11.3 Å². The number of hydrogen-bond acceptors (Lipinski definition) is 3. The highest BCUT2D eigenvalue weighted by atomic mass is 16.4. The summed E-state index contributed by atoms with van der Waals surface area (Å²) in [6, 6.07) is 14.7. The van der Waals surface area contributed by atoms with Gasteiger partial charge in [0.25, 0.3) is 0 Å². The van der Waals surface area contributed by atoms with Crippen LogP contribution in [0.1, 0.15) is 23.2 Å². The van der Waals surface area contributed by atoms with Crippen LogP contribution in [0, 0.1) is 0 Å². The van der Waals surface area contributed by atoms with Crippen LogP contribution in [0.15, 0.2) is 54.7 Å². The highest BCUT2D eigenvalue weighted by Gasteiger charge is 2.08. The minimum atomic E-state index is -0.931. The van der Waals surface area contributed by atoms with Crippen LogP contribution in [-0.4, -0.2) is 35.6 Å².